The number of rotatable bonds is 8. The summed E-state index contributed by atoms with van der Waals surface area (Å²) in [6.07, 6.45) is -8.29. The second-order valence-electron chi connectivity index (χ2n) is 25.4. The molecule has 0 aromatic heterocycles. The summed E-state index contributed by atoms with van der Waals surface area (Å²) in [7, 11) is 1.58. The molecule has 6 fully saturated rings. The van der Waals surface area contributed by atoms with Crippen molar-refractivity contribution in [2.75, 3.05) is 7.11 Å². The molecule has 0 aromatic rings. The lowest BCUT2D eigenvalue weighted by atomic mass is 9.78. The maximum Gasteiger partial charge on any atom is 0.308 e. The first-order valence-electron chi connectivity index (χ1n) is 29.4. The number of allylic oxidation sites excluding steroid dienone is 3. The number of hydrogen-bond acceptors (Lipinski definition) is 20. The van der Waals surface area contributed by atoms with E-state index < -0.39 is 163 Å². The molecule has 6 saturated heterocycles. The number of esters is 2. The molecular formula is C61H93ClO20. The standard InChI is InChI=1S/C61H93ClO20/c1-32(18-40(64)17-16-34(3)62)19-51-54(70)55-38(7)56(76-51)57(71)61(73)30-49(67)36(5)50(82-61)15-13-11-12-14-42-21-41(65)26-59(78-42)28-45(74-10)22-43(79-59)24-48(66)37(6)53(69)35(4)33(2)20-47-27-58(9,72)31-60(81-47)29-46(75-39(8)63)23-44(80-60)25-52(68)77-55/h12,14,16-17,35-38,40-47,49-51,53-57,64-65,67,69-73H,1-3,11,13,15,18-31H2,4-10H3/b14-12-,17-16+/t35-,36+,37?,38-,40?,41-,42-,43-,44-,45-,46+,47+,49-,50+,51-,53?,54-,55-,56-,57+,58+,59-,60-,61+/m1/s1. The number of methoxy groups -OCH3 is 1. The molecule has 7 aliphatic rings. The Morgan fingerprint density at radius 3 is 2.20 bits per heavy atom. The monoisotopic (exact) mass is 1180 g/mol. The fraction of sp³-hybridized carbons (Fsp3) is 0.787. The maximum atomic E-state index is 14.4. The first-order valence-corrected chi connectivity index (χ1v) is 29.8. The average Bonchev–Trinajstić information content (AvgIpc) is 1.80. The zero-order valence-corrected chi connectivity index (χ0v) is 49.6. The Balaban J connectivity index is 1.20. The van der Waals surface area contributed by atoms with Crippen molar-refractivity contribution in [2.24, 2.45) is 23.7 Å². The van der Waals surface area contributed by atoms with Gasteiger partial charge in [-0.15, -0.1) is 0 Å². The highest BCUT2D eigenvalue weighted by atomic mass is 35.5. The molecule has 464 valence electrons. The Bertz CT molecular complexity index is 2310. The number of carbonyl (C=O) groups excluding carboxylic acids is 3. The number of halogens is 1. The van der Waals surface area contributed by atoms with Crippen molar-refractivity contribution in [1.82, 2.24) is 0 Å². The summed E-state index contributed by atoms with van der Waals surface area (Å²) in [6.45, 7) is 21.7. The summed E-state index contributed by atoms with van der Waals surface area (Å²) in [5.74, 6) is -9.98. The van der Waals surface area contributed by atoms with Crippen molar-refractivity contribution in [3.8, 4) is 0 Å². The molecule has 21 heteroatoms. The zero-order valence-electron chi connectivity index (χ0n) is 48.9. The van der Waals surface area contributed by atoms with Crippen LogP contribution in [0.5, 0.6) is 0 Å². The summed E-state index contributed by atoms with van der Waals surface area (Å²) < 4.78 is 57.2. The highest BCUT2D eigenvalue weighted by Crippen LogP contribution is 2.48. The third-order valence-corrected chi connectivity index (χ3v) is 18.2. The van der Waals surface area contributed by atoms with Crippen LogP contribution in [0.1, 0.15) is 151 Å². The number of ether oxygens (including phenoxy) is 9. The van der Waals surface area contributed by atoms with Crippen LogP contribution in [-0.4, -0.2) is 186 Å². The maximum absolute atomic E-state index is 14.4. The predicted octanol–water partition coefficient (Wildman–Crippen LogP) is 5.34. The summed E-state index contributed by atoms with van der Waals surface area (Å²) in [5, 5.41) is 94.1. The van der Waals surface area contributed by atoms with Crippen LogP contribution >= 0.6 is 11.6 Å². The van der Waals surface area contributed by atoms with Crippen LogP contribution in [0.3, 0.4) is 0 Å². The van der Waals surface area contributed by atoms with Gasteiger partial charge >= 0.3 is 11.9 Å². The summed E-state index contributed by atoms with van der Waals surface area (Å²) in [4.78, 5) is 41.0. The fourth-order valence-corrected chi connectivity index (χ4v) is 13.8. The van der Waals surface area contributed by atoms with Crippen molar-refractivity contribution in [2.45, 2.75) is 271 Å². The van der Waals surface area contributed by atoms with Gasteiger partial charge in [0.2, 0.25) is 0 Å². The Hall–Kier alpha value is -3.00. The van der Waals surface area contributed by atoms with Crippen LogP contribution < -0.4 is 0 Å². The fourth-order valence-electron chi connectivity index (χ4n) is 13.8. The van der Waals surface area contributed by atoms with Crippen molar-refractivity contribution in [3.05, 3.63) is 60.2 Å². The lowest BCUT2D eigenvalue weighted by Gasteiger charge is -2.52. The van der Waals surface area contributed by atoms with E-state index in [2.05, 4.69) is 19.7 Å². The van der Waals surface area contributed by atoms with Crippen LogP contribution in [0.4, 0.5) is 0 Å². The van der Waals surface area contributed by atoms with Gasteiger partial charge in [-0.25, -0.2) is 0 Å². The molecule has 24 atom stereocenters. The third-order valence-electron chi connectivity index (χ3n) is 18.0. The van der Waals surface area contributed by atoms with E-state index in [1.165, 1.54) is 19.1 Å². The lowest BCUT2D eigenvalue weighted by Crippen LogP contribution is -2.65. The van der Waals surface area contributed by atoms with Gasteiger partial charge in [0.1, 0.15) is 30.2 Å². The minimum atomic E-state index is -2.40. The number of Topliss-reactive ketones (excluding diaryl/α,β-unsaturated/α-hetero) is 1. The zero-order chi connectivity index (χ0) is 60.2. The Morgan fingerprint density at radius 1 is 0.829 bits per heavy atom. The van der Waals surface area contributed by atoms with Crippen LogP contribution in [0.2, 0.25) is 0 Å². The molecule has 0 radical (unpaired) electrons. The number of aliphatic hydroxyl groups is 8. The highest BCUT2D eigenvalue weighted by molar-refractivity contribution is 6.30. The molecule has 0 amide bonds. The van der Waals surface area contributed by atoms with Crippen LogP contribution in [0, 0.1) is 23.7 Å². The van der Waals surface area contributed by atoms with Crippen LogP contribution in [0.25, 0.3) is 0 Å². The van der Waals surface area contributed by atoms with E-state index in [0.717, 1.165) is 0 Å². The Labute approximate surface area is 487 Å². The quantitative estimate of drug-likeness (QED) is 0.0864. The molecule has 20 nitrogen and oxygen atoms in total. The van der Waals surface area contributed by atoms with Gasteiger partial charge in [0.15, 0.2) is 17.4 Å². The summed E-state index contributed by atoms with van der Waals surface area (Å²) in [6, 6.07) is 0. The van der Waals surface area contributed by atoms with Gasteiger partial charge in [0, 0.05) is 107 Å². The van der Waals surface area contributed by atoms with Crippen LogP contribution in [-0.2, 0) is 57.0 Å². The molecule has 2 spiro atoms. The molecule has 0 aliphatic carbocycles. The minimum absolute atomic E-state index is 0.00389. The topological polar surface area (TPSA) is 296 Å². The smallest absolute Gasteiger partial charge is 0.308 e. The van der Waals surface area contributed by atoms with Gasteiger partial charge in [-0.05, 0) is 51.5 Å². The molecule has 7 heterocycles. The second-order valence-corrected chi connectivity index (χ2v) is 25.8. The molecule has 10 bridgehead atoms. The summed E-state index contributed by atoms with van der Waals surface area (Å²) >= 11 is 5.88. The molecule has 0 saturated carbocycles. The number of fused-ring (bicyclic) bond motifs is 8. The summed E-state index contributed by atoms with van der Waals surface area (Å²) in [5.41, 5.74) is -0.469. The molecule has 7 aliphatic heterocycles. The normalized spacial score (nSPS) is 45.8. The minimum Gasteiger partial charge on any atom is -0.462 e. The van der Waals surface area contributed by atoms with E-state index >= 15 is 0 Å². The number of aliphatic hydroxyl groups excluding tert-OH is 6. The van der Waals surface area contributed by atoms with Crippen molar-refractivity contribution >= 4 is 29.3 Å². The first kappa shape index (κ1) is 66.5. The van der Waals surface area contributed by atoms with Gasteiger partial charge < -0.3 is 83.5 Å². The van der Waals surface area contributed by atoms with Crippen molar-refractivity contribution in [3.63, 3.8) is 0 Å². The molecule has 0 aromatic carbocycles. The molecule has 8 N–H and O–H groups in total. The Morgan fingerprint density at radius 2 is 1.50 bits per heavy atom. The van der Waals surface area contributed by atoms with Gasteiger partial charge in [-0.1, -0.05) is 88.4 Å². The molecule has 82 heavy (non-hydrogen) atoms. The largest absolute Gasteiger partial charge is 0.462 e. The molecule has 7 rings (SSSR count). The van der Waals surface area contributed by atoms with E-state index in [-0.39, 0.29) is 74.7 Å². The van der Waals surface area contributed by atoms with Crippen LogP contribution in [0.15, 0.2) is 60.2 Å². The van der Waals surface area contributed by atoms with E-state index in [1.54, 1.807) is 41.7 Å². The lowest BCUT2D eigenvalue weighted by molar-refractivity contribution is -0.351. The first-order chi connectivity index (χ1) is 38.4. The predicted molar refractivity (Wildman–Crippen MR) is 298 cm³/mol. The van der Waals surface area contributed by atoms with Gasteiger partial charge in [0.05, 0.1) is 85.3 Å². The van der Waals surface area contributed by atoms with Gasteiger partial charge in [-0.3, -0.25) is 14.4 Å². The van der Waals surface area contributed by atoms with Gasteiger partial charge in [0.25, 0.3) is 0 Å². The molecular weight excluding hydrogens is 1090 g/mol. The van der Waals surface area contributed by atoms with Crippen molar-refractivity contribution in [1.29, 1.82) is 0 Å². The number of ketones is 1. The second kappa shape index (κ2) is 27.8. The van der Waals surface area contributed by atoms with E-state index in [1.807, 2.05) is 12.2 Å². The van der Waals surface area contributed by atoms with E-state index in [4.69, 9.17) is 54.2 Å². The van der Waals surface area contributed by atoms with E-state index in [0.29, 0.717) is 49.7 Å². The van der Waals surface area contributed by atoms with Crippen molar-refractivity contribution < 1.29 is 97.9 Å². The SMILES string of the molecule is C=C(Cl)/C=C/C(O)CC(=C)C[C@H]1O[C@@H]2[C@H](C)[C@@H](OC(=O)C[C@H]3C[C@H](OC(C)=O)C[C@@]4(C[C@@](C)(O)C[C@H](CC(=C)[C@@H](C)C(O)C(C)C(=O)C[C@H]5C[C@@H](OC)C[C@@]6(C[C@H](O)C[C@@H](/C=C\CCC[C@@H]7O[C@@](O)(C[C@@H](O)[C@@H]7C)[C@H]2O)O6)O5)O4)O3)[C@@H]1O. The van der Waals surface area contributed by atoms with E-state index in [9.17, 15) is 55.2 Å². The average molecular weight is 1180 g/mol. The number of carbonyl (C=O) groups is 3. The third kappa shape index (κ3) is 16.9. The Kier molecular flexibility index (Phi) is 22.5. The molecule has 3 unspecified atom stereocenters. The number of hydrogen-bond donors (Lipinski definition) is 8. The highest BCUT2D eigenvalue weighted by Gasteiger charge is 2.58. The van der Waals surface area contributed by atoms with Gasteiger partial charge in [-0.2, -0.15) is 0 Å².